The Kier molecular flexibility index (Phi) is 11.0. The molecule has 0 spiro atoms. The van der Waals surface area contributed by atoms with E-state index in [-0.39, 0.29) is 11.5 Å². The Morgan fingerprint density at radius 2 is 1.89 bits per heavy atom. The maximum absolute atomic E-state index is 10.6. The number of carbonyl (C=O) groups is 1. The second-order valence-electron chi connectivity index (χ2n) is 3.34. The zero-order chi connectivity index (χ0) is 14.5. The average molecular weight is 291 g/mol. The summed E-state index contributed by atoms with van der Waals surface area (Å²) >= 11 is 5.18. The van der Waals surface area contributed by atoms with E-state index in [4.69, 9.17) is 21.1 Å². The molecule has 1 N–H and O–H groups in total. The number of aldehydes is 1. The molecule has 0 aliphatic heterocycles. The molecule has 0 saturated carbocycles. The lowest BCUT2D eigenvalue weighted by Gasteiger charge is -2.08. The number of phenols is 1. The Hall–Kier alpha value is -1.30. The molecule has 0 atom stereocenters. The van der Waals surface area contributed by atoms with Crippen LogP contribution in [-0.2, 0) is 9.47 Å². The quantitative estimate of drug-likeness (QED) is 0.473. The summed E-state index contributed by atoms with van der Waals surface area (Å²) in [6.45, 7) is 1.36. The van der Waals surface area contributed by atoms with Crippen LogP contribution in [0.4, 0.5) is 0 Å². The fourth-order valence-electron chi connectivity index (χ4n) is 1.10. The van der Waals surface area contributed by atoms with E-state index in [2.05, 4.69) is 4.74 Å². The van der Waals surface area contributed by atoms with Crippen LogP contribution in [0.25, 0.3) is 0 Å². The highest BCUT2D eigenvalue weighted by atomic mass is 35.5. The van der Waals surface area contributed by atoms with E-state index in [9.17, 15) is 9.90 Å². The normalized spacial score (nSPS) is 9.42. The molecule has 6 heteroatoms. The Bertz CT molecular complexity index is 355. The first-order valence-electron chi connectivity index (χ1n) is 5.65. The summed E-state index contributed by atoms with van der Waals surface area (Å²) < 4.78 is 14.5. The van der Waals surface area contributed by atoms with Crippen LogP contribution in [0.1, 0.15) is 10.4 Å². The predicted octanol–water partition coefficient (Wildman–Crippen LogP) is 2.10. The molecule has 0 saturated heterocycles. The monoisotopic (exact) mass is 290 g/mol. The molecule has 0 aliphatic carbocycles. The molecule has 0 aliphatic rings. The predicted molar refractivity (Wildman–Crippen MR) is 73.5 cm³/mol. The number of methoxy groups -OCH3 is 2. The van der Waals surface area contributed by atoms with Crippen molar-refractivity contribution in [3.8, 4) is 11.5 Å². The van der Waals surface area contributed by atoms with Crippen molar-refractivity contribution in [2.45, 2.75) is 0 Å². The first kappa shape index (κ1) is 17.7. The van der Waals surface area contributed by atoms with Gasteiger partial charge in [-0.05, 0) is 12.1 Å². The summed E-state index contributed by atoms with van der Waals surface area (Å²) in [7, 11) is 3.18. The molecular weight excluding hydrogens is 272 g/mol. The van der Waals surface area contributed by atoms with Gasteiger partial charge in [0.05, 0.1) is 18.8 Å². The number of benzene rings is 1. The van der Waals surface area contributed by atoms with E-state index in [1.807, 2.05) is 0 Å². The molecule has 0 amide bonds. The van der Waals surface area contributed by atoms with Crippen molar-refractivity contribution in [2.24, 2.45) is 0 Å². The molecule has 1 rings (SSSR count). The van der Waals surface area contributed by atoms with Gasteiger partial charge in [0.1, 0.15) is 6.61 Å². The first-order chi connectivity index (χ1) is 9.21. The molecule has 0 unspecified atom stereocenters. The van der Waals surface area contributed by atoms with Crippen LogP contribution < -0.4 is 4.74 Å². The van der Waals surface area contributed by atoms with Gasteiger partial charge < -0.3 is 19.3 Å². The molecule has 19 heavy (non-hydrogen) atoms. The van der Waals surface area contributed by atoms with E-state index in [1.165, 1.54) is 6.07 Å². The van der Waals surface area contributed by atoms with Gasteiger partial charge in [-0.3, -0.25) is 4.79 Å². The number of phenolic OH excluding ortho intramolecular Hbond substituents is 1. The molecule has 0 radical (unpaired) electrons. The number of halogens is 1. The van der Waals surface area contributed by atoms with Crippen molar-refractivity contribution in [1.82, 2.24) is 0 Å². The van der Waals surface area contributed by atoms with E-state index in [0.29, 0.717) is 37.6 Å². The van der Waals surface area contributed by atoms with Gasteiger partial charge in [-0.15, -0.1) is 11.6 Å². The first-order valence-corrected chi connectivity index (χ1v) is 6.18. The summed E-state index contributed by atoms with van der Waals surface area (Å²) in [4.78, 5) is 10.6. The number of alkyl halides is 1. The Balaban J connectivity index is 0.000000555. The van der Waals surface area contributed by atoms with Crippen LogP contribution in [0.3, 0.4) is 0 Å². The number of hydrogen-bond donors (Lipinski definition) is 1. The highest BCUT2D eigenvalue weighted by Gasteiger charge is 2.07. The zero-order valence-electron chi connectivity index (χ0n) is 11.1. The number of ether oxygens (including phenoxy) is 3. The smallest absolute Gasteiger partial charge is 0.171 e. The third-order valence-corrected chi connectivity index (χ3v) is 2.12. The van der Waals surface area contributed by atoms with Crippen LogP contribution in [0.2, 0.25) is 0 Å². The van der Waals surface area contributed by atoms with E-state index >= 15 is 0 Å². The summed E-state index contributed by atoms with van der Waals surface area (Å²) in [6, 6.07) is 4.63. The molecule has 0 bridgehead atoms. The van der Waals surface area contributed by atoms with Crippen LogP contribution in [0.15, 0.2) is 18.2 Å². The van der Waals surface area contributed by atoms with Gasteiger partial charge in [0.2, 0.25) is 0 Å². The maximum Gasteiger partial charge on any atom is 0.171 e. The molecule has 1 aromatic carbocycles. The fourth-order valence-corrected chi connectivity index (χ4v) is 1.25. The third kappa shape index (κ3) is 7.66. The third-order valence-electron chi connectivity index (χ3n) is 1.97. The topological polar surface area (TPSA) is 65.0 Å². The maximum atomic E-state index is 10.6. The second kappa shape index (κ2) is 11.8. The zero-order valence-corrected chi connectivity index (χ0v) is 11.9. The van der Waals surface area contributed by atoms with Gasteiger partial charge >= 0.3 is 0 Å². The molecular formula is C13H19ClO5. The fraction of sp³-hybridized carbons (Fsp3) is 0.462. The Morgan fingerprint density at radius 1 is 1.21 bits per heavy atom. The highest BCUT2D eigenvalue weighted by Crippen LogP contribution is 2.28. The minimum atomic E-state index is -0.0364. The summed E-state index contributed by atoms with van der Waals surface area (Å²) in [5.41, 5.74) is 0.334. The Labute approximate surface area is 118 Å². The van der Waals surface area contributed by atoms with Gasteiger partial charge in [0, 0.05) is 20.1 Å². The number of hydrogen-bond acceptors (Lipinski definition) is 5. The van der Waals surface area contributed by atoms with Crippen molar-refractivity contribution < 1.29 is 24.1 Å². The van der Waals surface area contributed by atoms with Crippen molar-refractivity contribution in [3.63, 3.8) is 0 Å². The minimum absolute atomic E-state index is 0.0364. The van der Waals surface area contributed by atoms with Crippen molar-refractivity contribution in [3.05, 3.63) is 23.8 Å². The summed E-state index contributed by atoms with van der Waals surface area (Å²) in [5, 5.41) is 9.40. The standard InChI is InChI=1S/C10H12O4.C3H7ClO/c1-13-5-6-14-10-8(7-11)3-2-4-9(10)12;1-5-3-2-4/h2-4,7,12H,5-6H2,1H3;2-3H2,1H3. The molecule has 0 aromatic heterocycles. The highest BCUT2D eigenvalue weighted by molar-refractivity contribution is 6.17. The van der Waals surface area contributed by atoms with E-state index in [1.54, 1.807) is 26.4 Å². The lowest BCUT2D eigenvalue weighted by Crippen LogP contribution is -2.05. The molecule has 1 aromatic rings. The van der Waals surface area contributed by atoms with Crippen LogP contribution in [0, 0.1) is 0 Å². The number of para-hydroxylation sites is 1. The van der Waals surface area contributed by atoms with Crippen molar-refractivity contribution in [1.29, 1.82) is 0 Å². The van der Waals surface area contributed by atoms with Gasteiger partial charge in [-0.2, -0.15) is 0 Å². The molecule has 0 heterocycles. The van der Waals surface area contributed by atoms with Crippen molar-refractivity contribution >= 4 is 17.9 Å². The largest absolute Gasteiger partial charge is 0.504 e. The lowest BCUT2D eigenvalue weighted by atomic mass is 10.2. The number of carbonyl (C=O) groups excluding carboxylic acids is 1. The number of rotatable bonds is 7. The lowest BCUT2D eigenvalue weighted by molar-refractivity contribution is 0.111. The average Bonchev–Trinajstić information content (AvgIpc) is 2.42. The van der Waals surface area contributed by atoms with Gasteiger partial charge in [-0.25, -0.2) is 0 Å². The van der Waals surface area contributed by atoms with E-state index < -0.39 is 0 Å². The van der Waals surface area contributed by atoms with Gasteiger partial charge in [0.25, 0.3) is 0 Å². The minimum Gasteiger partial charge on any atom is -0.504 e. The summed E-state index contributed by atoms with van der Waals surface area (Å²) in [5.74, 6) is 0.765. The van der Waals surface area contributed by atoms with Gasteiger partial charge in [-0.1, -0.05) is 6.07 Å². The van der Waals surface area contributed by atoms with Crippen LogP contribution in [-0.4, -0.2) is 51.3 Å². The van der Waals surface area contributed by atoms with Crippen LogP contribution in [0.5, 0.6) is 11.5 Å². The van der Waals surface area contributed by atoms with E-state index in [0.717, 1.165) is 0 Å². The molecule has 0 fully saturated rings. The molecule has 5 nitrogen and oxygen atoms in total. The van der Waals surface area contributed by atoms with Gasteiger partial charge in [0.15, 0.2) is 17.8 Å². The Morgan fingerprint density at radius 3 is 2.37 bits per heavy atom. The SMILES string of the molecule is COCCCl.COCCOc1c(O)cccc1C=O. The number of aromatic hydroxyl groups is 1. The van der Waals surface area contributed by atoms with Crippen molar-refractivity contribution in [2.75, 3.05) is 39.9 Å². The molecule has 108 valence electrons. The second-order valence-corrected chi connectivity index (χ2v) is 3.71. The summed E-state index contributed by atoms with van der Waals surface area (Å²) in [6.07, 6.45) is 0.641. The van der Waals surface area contributed by atoms with Crippen LogP contribution >= 0.6 is 11.6 Å².